The smallest absolute Gasteiger partial charge is 0.265 e. The fraction of sp³-hybridized carbons (Fsp3) is 0.182. The van der Waals surface area contributed by atoms with Gasteiger partial charge >= 0.3 is 0 Å². The maximum atomic E-state index is 12.5. The van der Waals surface area contributed by atoms with Gasteiger partial charge in [0.2, 0.25) is 0 Å². The highest BCUT2D eigenvalue weighted by Crippen LogP contribution is 2.21. The Balaban J connectivity index is 1.64. The van der Waals surface area contributed by atoms with E-state index in [4.69, 9.17) is 4.74 Å². The number of nitrogens with one attached hydrogen (secondary N) is 2. The number of para-hydroxylation sites is 1. The Morgan fingerprint density at radius 3 is 2.40 bits per heavy atom. The van der Waals surface area contributed by atoms with Gasteiger partial charge in [-0.25, -0.2) is 13.4 Å². The second-order valence-electron chi connectivity index (χ2n) is 6.56. The summed E-state index contributed by atoms with van der Waals surface area (Å²) < 4.78 is 33.1. The van der Waals surface area contributed by atoms with Crippen LogP contribution in [-0.2, 0) is 21.2 Å². The Morgan fingerprint density at radius 1 is 1.03 bits per heavy atom. The number of sulfonamides is 1. The first-order chi connectivity index (χ1) is 14.4. The SMILES string of the molecule is CCc1ccccc1O[C@@H](C)C(=O)Nc1ccc(S(=O)(=O)Nc2ccccn2)cc1. The zero-order valence-corrected chi connectivity index (χ0v) is 17.5. The molecule has 156 valence electrons. The average molecular weight is 426 g/mol. The number of carbonyl (C=O) groups is 1. The molecule has 1 atom stereocenters. The predicted octanol–water partition coefficient (Wildman–Crippen LogP) is 3.85. The second kappa shape index (κ2) is 9.41. The molecule has 0 unspecified atom stereocenters. The van der Waals surface area contributed by atoms with Crippen LogP contribution >= 0.6 is 0 Å². The zero-order chi connectivity index (χ0) is 21.6. The Morgan fingerprint density at radius 2 is 1.73 bits per heavy atom. The lowest BCUT2D eigenvalue weighted by molar-refractivity contribution is -0.122. The van der Waals surface area contributed by atoms with E-state index in [9.17, 15) is 13.2 Å². The van der Waals surface area contributed by atoms with Crippen molar-refractivity contribution in [1.29, 1.82) is 0 Å². The molecule has 3 aromatic rings. The molecule has 0 saturated heterocycles. The zero-order valence-electron chi connectivity index (χ0n) is 16.7. The second-order valence-corrected chi connectivity index (χ2v) is 8.24. The molecule has 1 amide bonds. The summed E-state index contributed by atoms with van der Waals surface area (Å²) in [5.41, 5.74) is 1.49. The van der Waals surface area contributed by atoms with Crippen molar-refractivity contribution >= 4 is 27.4 Å². The lowest BCUT2D eigenvalue weighted by atomic mass is 10.1. The Hall–Kier alpha value is -3.39. The molecule has 0 bridgehead atoms. The molecular weight excluding hydrogens is 402 g/mol. The summed E-state index contributed by atoms with van der Waals surface area (Å²) >= 11 is 0. The molecule has 1 aromatic heterocycles. The average Bonchev–Trinajstić information content (AvgIpc) is 2.75. The molecule has 8 heteroatoms. The monoisotopic (exact) mass is 425 g/mol. The maximum absolute atomic E-state index is 12.5. The summed E-state index contributed by atoms with van der Waals surface area (Å²) in [7, 11) is -3.77. The van der Waals surface area contributed by atoms with Gasteiger partial charge < -0.3 is 10.1 Å². The van der Waals surface area contributed by atoms with Gasteiger partial charge in [-0.3, -0.25) is 9.52 Å². The molecule has 0 aliphatic carbocycles. The number of pyridine rings is 1. The summed E-state index contributed by atoms with van der Waals surface area (Å²) in [6.45, 7) is 3.68. The van der Waals surface area contributed by atoms with Gasteiger partial charge in [0.25, 0.3) is 15.9 Å². The molecule has 0 aliphatic heterocycles. The summed E-state index contributed by atoms with van der Waals surface area (Å²) in [5.74, 6) is 0.570. The molecule has 3 rings (SSSR count). The van der Waals surface area contributed by atoms with Crippen LogP contribution in [0.1, 0.15) is 19.4 Å². The molecular formula is C22H23N3O4S. The summed E-state index contributed by atoms with van der Waals surface area (Å²) in [6, 6.07) is 18.4. The Kier molecular flexibility index (Phi) is 6.68. The normalized spacial score (nSPS) is 12.1. The van der Waals surface area contributed by atoms with E-state index in [0.717, 1.165) is 12.0 Å². The predicted molar refractivity (Wildman–Crippen MR) is 116 cm³/mol. The van der Waals surface area contributed by atoms with E-state index in [1.54, 1.807) is 25.1 Å². The van der Waals surface area contributed by atoms with E-state index in [2.05, 4.69) is 15.0 Å². The fourth-order valence-corrected chi connectivity index (χ4v) is 3.74. The molecule has 1 heterocycles. The minimum Gasteiger partial charge on any atom is -0.481 e. The first-order valence-electron chi connectivity index (χ1n) is 9.48. The third-order valence-electron chi connectivity index (χ3n) is 4.36. The molecule has 0 radical (unpaired) electrons. The number of nitrogens with zero attached hydrogens (tertiary/aromatic N) is 1. The highest BCUT2D eigenvalue weighted by Gasteiger charge is 2.18. The number of amides is 1. The van der Waals surface area contributed by atoms with E-state index < -0.39 is 16.1 Å². The molecule has 0 saturated carbocycles. The first-order valence-corrected chi connectivity index (χ1v) is 11.0. The van der Waals surface area contributed by atoms with E-state index in [1.807, 2.05) is 31.2 Å². The van der Waals surface area contributed by atoms with Crippen molar-refractivity contribution in [2.24, 2.45) is 0 Å². The van der Waals surface area contributed by atoms with Crippen LogP contribution in [0.4, 0.5) is 11.5 Å². The number of aromatic nitrogens is 1. The van der Waals surface area contributed by atoms with Crippen LogP contribution in [0.15, 0.2) is 77.8 Å². The van der Waals surface area contributed by atoms with E-state index in [1.165, 1.54) is 30.5 Å². The van der Waals surface area contributed by atoms with Crippen molar-refractivity contribution in [3.8, 4) is 5.75 Å². The molecule has 0 spiro atoms. The lowest BCUT2D eigenvalue weighted by Gasteiger charge is -2.17. The standard InChI is InChI=1S/C22H23N3O4S/c1-3-17-8-4-5-9-20(17)29-16(2)22(26)24-18-11-13-19(14-12-18)30(27,28)25-21-10-6-7-15-23-21/h4-16H,3H2,1-2H3,(H,23,25)(H,24,26)/t16-/m0/s1. The van der Waals surface area contributed by atoms with Gasteiger partial charge in [0, 0.05) is 11.9 Å². The van der Waals surface area contributed by atoms with Crippen LogP contribution in [0, 0.1) is 0 Å². The topological polar surface area (TPSA) is 97.4 Å². The summed E-state index contributed by atoms with van der Waals surface area (Å²) in [5, 5.41) is 2.74. The molecule has 30 heavy (non-hydrogen) atoms. The quantitative estimate of drug-likeness (QED) is 0.571. The van der Waals surface area contributed by atoms with Crippen molar-refractivity contribution < 1.29 is 17.9 Å². The van der Waals surface area contributed by atoms with Gasteiger partial charge in [0.15, 0.2) is 6.10 Å². The van der Waals surface area contributed by atoms with Crippen LogP contribution in [0.5, 0.6) is 5.75 Å². The van der Waals surface area contributed by atoms with E-state index in [-0.39, 0.29) is 16.6 Å². The number of hydrogen-bond acceptors (Lipinski definition) is 5. The van der Waals surface area contributed by atoms with Crippen molar-refractivity contribution in [2.45, 2.75) is 31.3 Å². The molecule has 0 aliphatic rings. The molecule has 2 N–H and O–H groups in total. The minimum atomic E-state index is -3.77. The highest BCUT2D eigenvalue weighted by molar-refractivity contribution is 7.92. The van der Waals surface area contributed by atoms with E-state index in [0.29, 0.717) is 11.4 Å². The number of aryl methyl sites for hydroxylation is 1. The number of hydrogen-bond donors (Lipinski definition) is 2. The van der Waals surface area contributed by atoms with Crippen LogP contribution in [0.2, 0.25) is 0 Å². The highest BCUT2D eigenvalue weighted by atomic mass is 32.2. The van der Waals surface area contributed by atoms with Gasteiger partial charge in [0.1, 0.15) is 11.6 Å². The number of benzene rings is 2. The van der Waals surface area contributed by atoms with Crippen LogP contribution in [0.3, 0.4) is 0 Å². The number of anilines is 2. The minimum absolute atomic E-state index is 0.0623. The van der Waals surface area contributed by atoms with E-state index >= 15 is 0 Å². The number of ether oxygens (including phenoxy) is 1. The summed E-state index contributed by atoms with van der Waals surface area (Å²) in [6.07, 6.45) is 1.58. The van der Waals surface area contributed by atoms with Crippen LogP contribution in [-0.4, -0.2) is 25.4 Å². The van der Waals surface area contributed by atoms with Gasteiger partial charge in [-0.05, 0) is 61.4 Å². The largest absolute Gasteiger partial charge is 0.481 e. The van der Waals surface area contributed by atoms with Gasteiger partial charge in [-0.1, -0.05) is 31.2 Å². The molecule has 0 fully saturated rings. The third kappa shape index (κ3) is 5.36. The Labute approximate surface area is 176 Å². The van der Waals surface area contributed by atoms with Gasteiger partial charge in [-0.15, -0.1) is 0 Å². The third-order valence-corrected chi connectivity index (χ3v) is 5.73. The van der Waals surface area contributed by atoms with Crippen LogP contribution in [0.25, 0.3) is 0 Å². The maximum Gasteiger partial charge on any atom is 0.265 e. The van der Waals surface area contributed by atoms with Crippen molar-refractivity contribution in [3.05, 3.63) is 78.5 Å². The van der Waals surface area contributed by atoms with Crippen LogP contribution < -0.4 is 14.8 Å². The van der Waals surface area contributed by atoms with Crippen molar-refractivity contribution in [3.63, 3.8) is 0 Å². The number of rotatable bonds is 8. The molecule has 7 nitrogen and oxygen atoms in total. The van der Waals surface area contributed by atoms with Crippen molar-refractivity contribution in [2.75, 3.05) is 10.0 Å². The van der Waals surface area contributed by atoms with Crippen molar-refractivity contribution in [1.82, 2.24) is 4.98 Å². The molecule has 2 aromatic carbocycles. The summed E-state index contributed by atoms with van der Waals surface area (Å²) in [4.78, 5) is 16.5. The first kappa shape index (κ1) is 21.3. The lowest BCUT2D eigenvalue weighted by Crippen LogP contribution is -2.30. The number of carbonyl (C=O) groups excluding carboxylic acids is 1. The van der Waals surface area contributed by atoms with Gasteiger partial charge in [-0.2, -0.15) is 0 Å². The fourth-order valence-electron chi connectivity index (χ4n) is 2.74. The Bertz CT molecular complexity index is 1100. The van der Waals surface area contributed by atoms with Gasteiger partial charge in [0.05, 0.1) is 4.90 Å².